The van der Waals surface area contributed by atoms with Crippen molar-refractivity contribution in [2.75, 3.05) is 19.6 Å². The molecule has 1 atom stereocenters. The summed E-state index contributed by atoms with van der Waals surface area (Å²) in [7, 11) is 0. The molecule has 0 spiro atoms. The summed E-state index contributed by atoms with van der Waals surface area (Å²) in [5.41, 5.74) is 1.17. The highest BCUT2D eigenvalue weighted by Gasteiger charge is 2.20. The minimum absolute atomic E-state index is 0. The average Bonchev–Trinajstić information content (AvgIpc) is 2.30. The van der Waals surface area contributed by atoms with Crippen LogP contribution in [-0.4, -0.2) is 24.5 Å². The Morgan fingerprint density at radius 3 is 2.94 bits per heavy atom. The van der Waals surface area contributed by atoms with Crippen molar-refractivity contribution in [3.63, 3.8) is 0 Å². The molecule has 1 heterocycles. The predicted molar refractivity (Wildman–Crippen MR) is 72.4 cm³/mol. The molecular formula is C14H21ClFN. The van der Waals surface area contributed by atoms with E-state index in [1.807, 2.05) is 6.07 Å². The SMILES string of the molecule is CCCN1CCCC(c2cccc(F)c2)C1.Cl. The third-order valence-corrected chi connectivity index (χ3v) is 3.37. The van der Waals surface area contributed by atoms with Crippen molar-refractivity contribution in [3.8, 4) is 0 Å². The number of rotatable bonds is 3. The van der Waals surface area contributed by atoms with E-state index >= 15 is 0 Å². The summed E-state index contributed by atoms with van der Waals surface area (Å²) >= 11 is 0. The molecule has 0 aromatic heterocycles. The fourth-order valence-electron chi connectivity index (χ4n) is 2.61. The summed E-state index contributed by atoms with van der Waals surface area (Å²) < 4.78 is 13.2. The molecule has 1 unspecified atom stereocenters. The second kappa shape index (κ2) is 6.97. The highest BCUT2D eigenvalue weighted by Crippen LogP contribution is 2.27. The van der Waals surface area contributed by atoms with Gasteiger partial charge in [-0.2, -0.15) is 0 Å². The fraction of sp³-hybridized carbons (Fsp3) is 0.571. The van der Waals surface area contributed by atoms with Crippen molar-refractivity contribution < 1.29 is 4.39 Å². The first kappa shape index (κ1) is 14.5. The number of hydrogen-bond donors (Lipinski definition) is 0. The molecule has 1 aliphatic heterocycles. The summed E-state index contributed by atoms with van der Waals surface area (Å²) in [6.07, 6.45) is 3.64. The lowest BCUT2D eigenvalue weighted by molar-refractivity contribution is 0.208. The molecule has 0 amide bonds. The molecule has 0 N–H and O–H groups in total. The summed E-state index contributed by atoms with van der Waals surface area (Å²) in [4.78, 5) is 2.50. The van der Waals surface area contributed by atoms with Gasteiger partial charge in [0.1, 0.15) is 5.82 Å². The van der Waals surface area contributed by atoms with Gasteiger partial charge in [0.15, 0.2) is 0 Å². The zero-order valence-corrected chi connectivity index (χ0v) is 11.2. The molecule has 1 saturated heterocycles. The lowest BCUT2D eigenvalue weighted by atomic mass is 9.90. The average molecular weight is 258 g/mol. The lowest BCUT2D eigenvalue weighted by Crippen LogP contribution is -2.34. The monoisotopic (exact) mass is 257 g/mol. The van der Waals surface area contributed by atoms with Gasteiger partial charge < -0.3 is 4.90 Å². The van der Waals surface area contributed by atoms with Gasteiger partial charge in [-0.05, 0) is 56.0 Å². The van der Waals surface area contributed by atoms with Crippen molar-refractivity contribution in [2.45, 2.75) is 32.1 Å². The Kier molecular flexibility index (Phi) is 5.93. The van der Waals surface area contributed by atoms with Crippen LogP contribution < -0.4 is 0 Å². The summed E-state index contributed by atoms with van der Waals surface area (Å²) in [5, 5.41) is 0. The Morgan fingerprint density at radius 2 is 2.24 bits per heavy atom. The lowest BCUT2D eigenvalue weighted by Gasteiger charge is -2.32. The molecule has 0 saturated carbocycles. The number of halogens is 2. The molecule has 0 bridgehead atoms. The van der Waals surface area contributed by atoms with Crippen LogP contribution in [0.1, 0.15) is 37.7 Å². The molecule has 3 heteroatoms. The molecular weight excluding hydrogens is 237 g/mol. The van der Waals surface area contributed by atoms with Gasteiger partial charge in [0.05, 0.1) is 0 Å². The largest absolute Gasteiger partial charge is 0.303 e. The zero-order chi connectivity index (χ0) is 11.4. The van der Waals surface area contributed by atoms with Crippen LogP contribution in [0.3, 0.4) is 0 Å². The first-order valence-corrected chi connectivity index (χ1v) is 6.27. The van der Waals surface area contributed by atoms with Gasteiger partial charge in [0, 0.05) is 6.54 Å². The minimum Gasteiger partial charge on any atom is -0.303 e. The van der Waals surface area contributed by atoms with Gasteiger partial charge in [-0.3, -0.25) is 0 Å². The Bertz CT molecular complexity index is 341. The van der Waals surface area contributed by atoms with E-state index in [4.69, 9.17) is 0 Å². The number of nitrogens with zero attached hydrogens (tertiary/aromatic N) is 1. The Morgan fingerprint density at radius 1 is 1.41 bits per heavy atom. The van der Waals surface area contributed by atoms with Crippen LogP contribution in [0.25, 0.3) is 0 Å². The van der Waals surface area contributed by atoms with Gasteiger partial charge in [0.2, 0.25) is 0 Å². The number of likely N-dealkylation sites (tertiary alicyclic amines) is 1. The van der Waals surface area contributed by atoms with Crippen LogP contribution in [-0.2, 0) is 0 Å². The van der Waals surface area contributed by atoms with Gasteiger partial charge in [-0.15, -0.1) is 12.4 Å². The van der Waals surface area contributed by atoms with E-state index < -0.39 is 0 Å². The van der Waals surface area contributed by atoms with Crippen molar-refractivity contribution in [1.82, 2.24) is 4.90 Å². The second-order valence-electron chi connectivity index (χ2n) is 4.69. The summed E-state index contributed by atoms with van der Waals surface area (Å²) in [6, 6.07) is 7.10. The van der Waals surface area contributed by atoms with Gasteiger partial charge >= 0.3 is 0 Å². The topological polar surface area (TPSA) is 3.24 Å². The molecule has 1 fully saturated rings. The van der Waals surface area contributed by atoms with Crippen LogP contribution >= 0.6 is 12.4 Å². The normalized spacial score (nSPS) is 20.9. The Labute approximate surface area is 109 Å². The first-order valence-electron chi connectivity index (χ1n) is 6.27. The smallest absolute Gasteiger partial charge is 0.123 e. The van der Waals surface area contributed by atoms with E-state index in [1.54, 1.807) is 6.07 Å². The van der Waals surface area contributed by atoms with E-state index in [0.29, 0.717) is 5.92 Å². The zero-order valence-electron chi connectivity index (χ0n) is 10.4. The number of piperidine rings is 1. The quantitative estimate of drug-likeness (QED) is 0.795. The van der Waals surface area contributed by atoms with Crippen LogP contribution in [0, 0.1) is 5.82 Å². The van der Waals surface area contributed by atoms with Gasteiger partial charge in [-0.1, -0.05) is 19.1 Å². The molecule has 17 heavy (non-hydrogen) atoms. The maximum Gasteiger partial charge on any atom is 0.123 e. The molecule has 0 aliphatic carbocycles. The van der Waals surface area contributed by atoms with E-state index in [-0.39, 0.29) is 18.2 Å². The highest BCUT2D eigenvalue weighted by molar-refractivity contribution is 5.85. The van der Waals surface area contributed by atoms with Gasteiger partial charge in [0.25, 0.3) is 0 Å². The van der Waals surface area contributed by atoms with Gasteiger partial charge in [-0.25, -0.2) is 4.39 Å². The van der Waals surface area contributed by atoms with E-state index in [9.17, 15) is 4.39 Å². The van der Waals surface area contributed by atoms with E-state index in [0.717, 1.165) is 6.54 Å². The third-order valence-electron chi connectivity index (χ3n) is 3.37. The van der Waals surface area contributed by atoms with Crippen molar-refractivity contribution >= 4 is 12.4 Å². The van der Waals surface area contributed by atoms with Crippen LogP contribution in [0.2, 0.25) is 0 Å². The van der Waals surface area contributed by atoms with Crippen LogP contribution in [0.5, 0.6) is 0 Å². The summed E-state index contributed by atoms with van der Waals surface area (Å²) in [6.45, 7) is 5.69. The number of benzene rings is 1. The summed E-state index contributed by atoms with van der Waals surface area (Å²) in [5.74, 6) is 0.418. The standard InChI is InChI=1S/C14H20FN.ClH/c1-2-8-16-9-4-6-13(11-16)12-5-3-7-14(15)10-12;/h3,5,7,10,13H,2,4,6,8-9,11H2,1H3;1H. The Hall–Kier alpha value is -0.600. The molecule has 1 aromatic rings. The fourth-order valence-corrected chi connectivity index (χ4v) is 2.61. The molecule has 2 rings (SSSR count). The predicted octanol–water partition coefficient (Wildman–Crippen LogP) is 3.84. The molecule has 1 nitrogen and oxygen atoms in total. The van der Waals surface area contributed by atoms with Crippen molar-refractivity contribution in [1.29, 1.82) is 0 Å². The molecule has 96 valence electrons. The van der Waals surface area contributed by atoms with Crippen molar-refractivity contribution in [2.24, 2.45) is 0 Å². The second-order valence-corrected chi connectivity index (χ2v) is 4.69. The van der Waals surface area contributed by atoms with E-state index in [2.05, 4.69) is 17.9 Å². The molecule has 1 aliphatic rings. The molecule has 1 aromatic carbocycles. The minimum atomic E-state index is -0.106. The van der Waals surface area contributed by atoms with Crippen molar-refractivity contribution in [3.05, 3.63) is 35.6 Å². The number of hydrogen-bond acceptors (Lipinski definition) is 1. The Balaban J connectivity index is 0.00000144. The third kappa shape index (κ3) is 3.97. The van der Waals surface area contributed by atoms with Crippen LogP contribution in [0.15, 0.2) is 24.3 Å². The first-order chi connectivity index (χ1) is 7.79. The van der Waals surface area contributed by atoms with E-state index in [1.165, 1.54) is 44.0 Å². The maximum absolute atomic E-state index is 13.2. The van der Waals surface area contributed by atoms with Crippen LogP contribution in [0.4, 0.5) is 4.39 Å². The highest BCUT2D eigenvalue weighted by atomic mass is 35.5. The molecule has 0 radical (unpaired) electrons. The maximum atomic E-state index is 13.2.